The van der Waals surface area contributed by atoms with Crippen molar-refractivity contribution in [3.05, 3.63) is 71.6 Å². The molecule has 9 heteroatoms. The maximum absolute atomic E-state index is 12.8. The summed E-state index contributed by atoms with van der Waals surface area (Å²) in [4.78, 5) is 16.9. The molecule has 0 aliphatic carbocycles. The molecular formula is C21H24N4O3S2. The molecule has 1 atom stereocenters. The quantitative estimate of drug-likeness (QED) is 0.607. The van der Waals surface area contributed by atoms with Gasteiger partial charge in [0.25, 0.3) is 10.0 Å². The number of amides is 1. The Hall–Kier alpha value is -2.49. The lowest BCUT2D eigenvalue weighted by Gasteiger charge is -2.30. The Labute approximate surface area is 180 Å². The molecule has 3 aromatic rings. The zero-order chi connectivity index (χ0) is 21.0. The normalized spacial score (nSPS) is 17.7. The standard InChI is InChI=1S/C21H24N4O3S2/c26-21(19-7-3-10-25(15-19)30(27,28)20-8-4-12-29-20)23-13-17-5-1-2-6-18(17)14-24-11-9-22-16-24/h1-2,4-6,8-9,11-12,16,19H,3,7,10,13-15H2,(H,23,26). The van der Waals surface area contributed by atoms with Gasteiger partial charge in [-0.25, -0.2) is 13.4 Å². The van der Waals surface area contributed by atoms with Crippen molar-refractivity contribution in [3.8, 4) is 0 Å². The van der Waals surface area contributed by atoms with Gasteiger partial charge in [-0.1, -0.05) is 30.3 Å². The zero-order valence-corrected chi connectivity index (χ0v) is 18.1. The second-order valence-electron chi connectivity index (χ2n) is 7.36. The second-order valence-corrected chi connectivity index (χ2v) is 10.5. The third kappa shape index (κ3) is 4.63. The number of imidazole rings is 1. The molecule has 0 spiro atoms. The molecule has 158 valence electrons. The summed E-state index contributed by atoms with van der Waals surface area (Å²) in [6, 6.07) is 11.3. The van der Waals surface area contributed by atoms with Crippen molar-refractivity contribution < 1.29 is 13.2 Å². The average Bonchev–Trinajstić information content (AvgIpc) is 3.48. The van der Waals surface area contributed by atoms with E-state index in [4.69, 9.17) is 0 Å². The highest BCUT2D eigenvalue weighted by Gasteiger charge is 2.33. The lowest BCUT2D eigenvalue weighted by atomic mass is 9.98. The van der Waals surface area contributed by atoms with Crippen LogP contribution in [-0.4, -0.2) is 41.3 Å². The number of nitrogens with zero attached hydrogens (tertiary/aromatic N) is 3. The highest BCUT2D eigenvalue weighted by molar-refractivity contribution is 7.91. The summed E-state index contributed by atoms with van der Waals surface area (Å²) in [6.07, 6.45) is 6.78. The van der Waals surface area contributed by atoms with Crippen LogP contribution in [0, 0.1) is 5.92 Å². The Kier molecular flexibility index (Phi) is 6.31. The molecular weight excluding hydrogens is 420 g/mol. The lowest BCUT2D eigenvalue weighted by molar-refractivity contribution is -0.126. The van der Waals surface area contributed by atoms with E-state index in [2.05, 4.69) is 10.3 Å². The number of sulfonamides is 1. The Balaban J connectivity index is 1.39. The summed E-state index contributed by atoms with van der Waals surface area (Å²) in [5, 5.41) is 4.76. The number of carbonyl (C=O) groups excluding carboxylic acids is 1. The van der Waals surface area contributed by atoms with E-state index in [0.29, 0.717) is 36.7 Å². The second kappa shape index (κ2) is 9.11. The number of hydrogen-bond donors (Lipinski definition) is 1. The van der Waals surface area contributed by atoms with Crippen LogP contribution in [0.5, 0.6) is 0 Å². The lowest BCUT2D eigenvalue weighted by Crippen LogP contribution is -2.45. The van der Waals surface area contributed by atoms with E-state index in [0.717, 1.165) is 11.1 Å². The van der Waals surface area contributed by atoms with Gasteiger partial charge in [0, 0.05) is 38.6 Å². The maximum Gasteiger partial charge on any atom is 0.252 e. The minimum atomic E-state index is -3.52. The summed E-state index contributed by atoms with van der Waals surface area (Å²) in [7, 11) is -3.52. The van der Waals surface area contributed by atoms with Gasteiger partial charge in [-0.2, -0.15) is 4.31 Å². The molecule has 1 fully saturated rings. The Morgan fingerprint density at radius 2 is 2.03 bits per heavy atom. The van der Waals surface area contributed by atoms with Gasteiger partial charge in [-0.3, -0.25) is 4.79 Å². The number of rotatable bonds is 7. The van der Waals surface area contributed by atoms with Gasteiger partial charge in [0.05, 0.1) is 12.2 Å². The predicted octanol–water partition coefficient (Wildman–Crippen LogP) is 2.71. The van der Waals surface area contributed by atoms with E-state index >= 15 is 0 Å². The fourth-order valence-corrected chi connectivity index (χ4v) is 6.37. The van der Waals surface area contributed by atoms with Crippen LogP contribution in [-0.2, 0) is 27.9 Å². The van der Waals surface area contributed by atoms with Crippen LogP contribution in [0.15, 0.2) is 64.7 Å². The molecule has 30 heavy (non-hydrogen) atoms. The molecule has 1 amide bonds. The first-order valence-corrected chi connectivity index (χ1v) is 12.2. The number of benzene rings is 1. The van der Waals surface area contributed by atoms with Crippen molar-refractivity contribution in [2.75, 3.05) is 13.1 Å². The van der Waals surface area contributed by atoms with E-state index in [-0.39, 0.29) is 18.4 Å². The molecule has 1 aliphatic rings. The SMILES string of the molecule is O=C(NCc1ccccc1Cn1ccnc1)C1CCCN(S(=O)(=O)c2cccs2)C1. The minimum Gasteiger partial charge on any atom is -0.352 e. The summed E-state index contributed by atoms with van der Waals surface area (Å²) < 4.78 is 29.3. The predicted molar refractivity (Wildman–Crippen MR) is 115 cm³/mol. The maximum atomic E-state index is 12.8. The van der Waals surface area contributed by atoms with Crippen molar-refractivity contribution in [1.29, 1.82) is 0 Å². The smallest absolute Gasteiger partial charge is 0.252 e. The van der Waals surface area contributed by atoms with Crippen molar-refractivity contribution in [3.63, 3.8) is 0 Å². The Morgan fingerprint density at radius 3 is 2.77 bits per heavy atom. The van der Waals surface area contributed by atoms with Crippen LogP contribution >= 0.6 is 11.3 Å². The van der Waals surface area contributed by atoms with Crippen molar-refractivity contribution in [2.45, 2.75) is 30.1 Å². The van der Waals surface area contributed by atoms with E-state index in [1.54, 1.807) is 30.0 Å². The van der Waals surface area contributed by atoms with Gasteiger partial charge in [0.1, 0.15) is 4.21 Å². The Bertz CT molecular complexity index is 1080. The van der Waals surface area contributed by atoms with Gasteiger partial charge in [0.2, 0.25) is 5.91 Å². The van der Waals surface area contributed by atoms with Crippen LogP contribution in [0.3, 0.4) is 0 Å². The minimum absolute atomic E-state index is 0.0986. The highest BCUT2D eigenvalue weighted by Crippen LogP contribution is 2.26. The number of piperidine rings is 1. The summed E-state index contributed by atoms with van der Waals surface area (Å²) in [6.45, 7) is 1.78. The van der Waals surface area contributed by atoms with Crippen LogP contribution in [0.25, 0.3) is 0 Å². The van der Waals surface area contributed by atoms with Crippen molar-refractivity contribution in [1.82, 2.24) is 19.2 Å². The molecule has 1 unspecified atom stereocenters. The third-order valence-corrected chi connectivity index (χ3v) is 8.57. The summed E-state index contributed by atoms with van der Waals surface area (Å²) >= 11 is 1.21. The first kappa shape index (κ1) is 20.8. The van der Waals surface area contributed by atoms with Gasteiger partial charge >= 0.3 is 0 Å². The monoisotopic (exact) mass is 444 g/mol. The van der Waals surface area contributed by atoms with E-state index in [9.17, 15) is 13.2 Å². The molecule has 0 saturated carbocycles. The van der Waals surface area contributed by atoms with E-state index < -0.39 is 10.0 Å². The molecule has 2 aromatic heterocycles. The van der Waals surface area contributed by atoms with Crippen molar-refractivity contribution in [2.24, 2.45) is 5.92 Å². The number of nitrogens with one attached hydrogen (secondary N) is 1. The number of thiophene rings is 1. The topological polar surface area (TPSA) is 84.3 Å². The largest absolute Gasteiger partial charge is 0.352 e. The number of hydrogen-bond acceptors (Lipinski definition) is 5. The molecule has 1 aliphatic heterocycles. The molecule has 1 N–H and O–H groups in total. The fourth-order valence-electron chi connectivity index (χ4n) is 3.70. The molecule has 3 heterocycles. The van der Waals surface area contributed by atoms with Crippen LogP contribution in [0.2, 0.25) is 0 Å². The summed E-state index contributed by atoms with van der Waals surface area (Å²) in [5.74, 6) is -0.437. The van der Waals surface area contributed by atoms with E-state index in [1.807, 2.05) is 35.0 Å². The van der Waals surface area contributed by atoms with Gasteiger partial charge in [0.15, 0.2) is 0 Å². The molecule has 0 radical (unpaired) electrons. The first-order chi connectivity index (χ1) is 14.5. The van der Waals surface area contributed by atoms with Gasteiger partial charge < -0.3 is 9.88 Å². The van der Waals surface area contributed by atoms with Gasteiger partial charge in [-0.05, 0) is 35.4 Å². The first-order valence-electron chi connectivity index (χ1n) is 9.88. The molecule has 7 nitrogen and oxygen atoms in total. The number of aromatic nitrogens is 2. The molecule has 1 aromatic carbocycles. The Morgan fingerprint density at radius 1 is 1.20 bits per heavy atom. The van der Waals surface area contributed by atoms with E-state index in [1.165, 1.54) is 15.6 Å². The van der Waals surface area contributed by atoms with Crippen LogP contribution in [0.1, 0.15) is 24.0 Å². The fraction of sp³-hybridized carbons (Fsp3) is 0.333. The average molecular weight is 445 g/mol. The van der Waals surface area contributed by atoms with Gasteiger partial charge in [-0.15, -0.1) is 11.3 Å². The third-order valence-electron chi connectivity index (χ3n) is 5.33. The molecule has 0 bridgehead atoms. The van der Waals surface area contributed by atoms with Crippen LogP contribution < -0.4 is 5.32 Å². The zero-order valence-electron chi connectivity index (χ0n) is 16.5. The molecule has 1 saturated heterocycles. The highest BCUT2D eigenvalue weighted by atomic mass is 32.2. The molecule has 4 rings (SSSR count). The number of carbonyl (C=O) groups is 1. The summed E-state index contributed by atoms with van der Waals surface area (Å²) in [5.41, 5.74) is 2.15. The van der Waals surface area contributed by atoms with Crippen molar-refractivity contribution >= 4 is 27.3 Å². The van der Waals surface area contributed by atoms with Crippen LogP contribution in [0.4, 0.5) is 0 Å².